The second-order valence-corrected chi connectivity index (χ2v) is 4.75. The summed E-state index contributed by atoms with van der Waals surface area (Å²) in [5.74, 6) is 0.475. The number of nitrogen functional groups attached to an aromatic ring is 1. The standard InChI is InChI=1S/C13H18N2O/c1-8(2)12(16)10-7-9-5-3-4-6-11(9)15-13(10)14/h7-8H,3-6H2,1-2H3,(H2,14,15). The van der Waals surface area contributed by atoms with Crippen molar-refractivity contribution in [2.45, 2.75) is 39.5 Å². The molecule has 0 saturated carbocycles. The number of hydrogen-bond donors (Lipinski definition) is 1. The van der Waals surface area contributed by atoms with Gasteiger partial charge >= 0.3 is 0 Å². The normalized spacial score (nSPS) is 14.9. The van der Waals surface area contributed by atoms with Crippen LogP contribution in [-0.2, 0) is 12.8 Å². The van der Waals surface area contributed by atoms with Crippen molar-refractivity contribution in [2.24, 2.45) is 5.92 Å². The Morgan fingerprint density at radius 1 is 1.38 bits per heavy atom. The molecular formula is C13H18N2O. The number of fused-ring (bicyclic) bond motifs is 1. The lowest BCUT2D eigenvalue weighted by molar-refractivity contribution is 0.0940. The van der Waals surface area contributed by atoms with Gasteiger partial charge in [-0.15, -0.1) is 0 Å². The zero-order valence-corrected chi connectivity index (χ0v) is 9.92. The van der Waals surface area contributed by atoms with Crippen LogP contribution in [-0.4, -0.2) is 10.8 Å². The summed E-state index contributed by atoms with van der Waals surface area (Å²) in [4.78, 5) is 16.3. The van der Waals surface area contributed by atoms with E-state index in [-0.39, 0.29) is 11.7 Å². The fraction of sp³-hybridized carbons (Fsp3) is 0.538. The third-order valence-corrected chi connectivity index (χ3v) is 3.12. The zero-order valence-electron chi connectivity index (χ0n) is 9.92. The van der Waals surface area contributed by atoms with E-state index in [4.69, 9.17) is 5.73 Å². The molecule has 0 fully saturated rings. The molecule has 0 spiro atoms. The number of rotatable bonds is 2. The van der Waals surface area contributed by atoms with Crippen molar-refractivity contribution >= 4 is 11.6 Å². The quantitative estimate of drug-likeness (QED) is 0.775. The number of nitrogens with zero attached hydrogens (tertiary/aromatic N) is 1. The van der Waals surface area contributed by atoms with Gasteiger partial charge in [-0.2, -0.15) is 0 Å². The molecule has 0 amide bonds. The molecule has 3 nitrogen and oxygen atoms in total. The van der Waals surface area contributed by atoms with Crippen LogP contribution in [0.25, 0.3) is 0 Å². The monoisotopic (exact) mass is 218 g/mol. The number of anilines is 1. The highest BCUT2D eigenvalue weighted by molar-refractivity contribution is 6.01. The summed E-state index contributed by atoms with van der Waals surface area (Å²) in [6.45, 7) is 3.78. The Labute approximate surface area is 96.1 Å². The van der Waals surface area contributed by atoms with Gasteiger partial charge in [0.05, 0.1) is 5.56 Å². The van der Waals surface area contributed by atoms with Crippen molar-refractivity contribution in [1.82, 2.24) is 4.98 Å². The topological polar surface area (TPSA) is 56.0 Å². The highest BCUT2D eigenvalue weighted by Gasteiger charge is 2.19. The summed E-state index contributed by atoms with van der Waals surface area (Å²) in [6.07, 6.45) is 4.39. The predicted molar refractivity (Wildman–Crippen MR) is 64.5 cm³/mol. The summed E-state index contributed by atoms with van der Waals surface area (Å²) in [6, 6.07) is 1.96. The number of aryl methyl sites for hydroxylation is 2. The van der Waals surface area contributed by atoms with Crippen molar-refractivity contribution in [3.8, 4) is 0 Å². The second-order valence-electron chi connectivity index (χ2n) is 4.75. The molecular weight excluding hydrogens is 200 g/mol. The molecule has 86 valence electrons. The molecule has 0 radical (unpaired) electrons. The van der Waals surface area contributed by atoms with E-state index in [1.165, 1.54) is 18.4 Å². The molecule has 1 aromatic heterocycles. The maximum atomic E-state index is 11.9. The van der Waals surface area contributed by atoms with Crippen LogP contribution in [0.15, 0.2) is 6.07 Å². The predicted octanol–water partition coefficient (Wildman–Crippen LogP) is 2.38. The Morgan fingerprint density at radius 3 is 2.75 bits per heavy atom. The molecule has 0 saturated heterocycles. The third kappa shape index (κ3) is 1.94. The Bertz CT molecular complexity index is 424. The molecule has 0 bridgehead atoms. The molecule has 2 rings (SSSR count). The van der Waals surface area contributed by atoms with Crippen LogP contribution in [0.4, 0.5) is 5.82 Å². The number of carbonyl (C=O) groups excluding carboxylic acids is 1. The summed E-state index contributed by atoms with van der Waals surface area (Å²) in [5, 5.41) is 0. The molecule has 0 aliphatic heterocycles. The van der Waals surface area contributed by atoms with E-state index in [2.05, 4.69) is 4.98 Å². The minimum atomic E-state index is -0.0225. The molecule has 3 heteroatoms. The van der Waals surface area contributed by atoms with Gasteiger partial charge < -0.3 is 5.73 Å². The average Bonchev–Trinajstić information content (AvgIpc) is 2.27. The lowest BCUT2D eigenvalue weighted by Gasteiger charge is -2.17. The van der Waals surface area contributed by atoms with Crippen LogP contribution >= 0.6 is 0 Å². The Hall–Kier alpha value is -1.38. The lowest BCUT2D eigenvalue weighted by Crippen LogP contribution is -2.15. The summed E-state index contributed by atoms with van der Waals surface area (Å²) < 4.78 is 0. The van der Waals surface area contributed by atoms with Crippen LogP contribution in [0.1, 0.15) is 48.3 Å². The number of Topliss-reactive ketones (excluding diaryl/α,β-unsaturated/α-hetero) is 1. The highest BCUT2D eigenvalue weighted by atomic mass is 16.1. The number of hydrogen-bond acceptors (Lipinski definition) is 3. The summed E-state index contributed by atoms with van der Waals surface area (Å²) >= 11 is 0. The van der Waals surface area contributed by atoms with Gasteiger partial charge in [0.2, 0.25) is 0 Å². The van der Waals surface area contributed by atoms with Gasteiger partial charge in [0.25, 0.3) is 0 Å². The van der Waals surface area contributed by atoms with Gasteiger partial charge in [-0.1, -0.05) is 13.8 Å². The summed E-state index contributed by atoms with van der Waals surface area (Å²) in [5.41, 5.74) is 8.76. The Kier molecular flexibility index (Phi) is 2.95. The van der Waals surface area contributed by atoms with E-state index in [1.54, 1.807) is 0 Å². The first-order valence-electron chi connectivity index (χ1n) is 5.92. The first kappa shape index (κ1) is 11.1. The molecule has 0 atom stereocenters. The minimum absolute atomic E-state index is 0.0225. The van der Waals surface area contributed by atoms with Crippen molar-refractivity contribution in [3.05, 3.63) is 22.9 Å². The Balaban J connectivity index is 2.43. The van der Waals surface area contributed by atoms with Gasteiger partial charge in [0, 0.05) is 11.6 Å². The number of ketones is 1. The highest BCUT2D eigenvalue weighted by Crippen LogP contribution is 2.24. The molecule has 1 aliphatic carbocycles. The van der Waals surface area contributed by atoms with E-state index in [0.29, 0.717) is 11.4 Å². The fourth-order valence-corrected chi connectivity index (χ4v) is 2.16. The van der Waals surface area contributed by atoms with Crippen LogP contribution in [0.3, 0.4) is 0 Å². The largest absolute Gasteiger partial charge is 0.383 e. The van der Waals surface area contributed by atoms with Gasteiger partial charge in [0.15, 0.2) is 5.78 Å². The number of aromatic nitrogens is 1. The number of carbonyl (C=O) groups is 1. The van der Waals surface area contributed by atoms with Gasteiger partial charge in [-0.05, 0) is 37.3 Å². The maximum absolute atomic E-state index is 11.9. The first-order chi connectivity index (χ1) is 7.59. The lowest BCUT2D eigenvalue weighted by atomic mass is 9.92. The smallest absolute Gasteiger partial charge is 0.169 e. The summed E-state index contributed by atoms with van der Waals surface area (Å²) in [7, 11) is 0. The average molecular weight is 218 g/mol. The first-order valence-corrected chi connectivity index (χ1v) is 5.92. The van der Waals surface area contributed by atoms with E-state index < -0.39 is 0 Å². The SMILES string of the molecule is CC(C)C(=O)c1cc2c(nc1N)CCCC2. The van der Waals surface area contributed by atoms with E-state index in [9.17, 15) is 4.79 Å². The molecule has 1 heterocycles. The maximum Gasteiger partial charge on any atom is 0.169 e. The molecule has 2 N–H and O–H groups in total. The van der Waals surface area contributed by atoms with E-state index in [0.717, 1.165) is 18.5 Å². The molecule has 16 heavy (non-hydrogen) atoms. The Morgan fingerprint density at radius 2 is 2.06 bits per heavy atom. The van der Waals surface area contributed by atoms with E-state index in [1.807, 2.05) is 19.9 Å². The molecule has 1 aromatic rings. The van der Waals surface area contributed by atoms with Gasteiger partial charge in [-0.25, -0.2) is 4.98 Å². The van der Waals surface area contributed by atoms with Crippen molar-refractivity contribution in [1.29, 1.82) is 0 Å². The van der Waals surface area contributed by atoms with Crippen LogP contribution in [0, 0.1) is 5.92 Å². The third-order valence-electron chi connectivity index (χ3n) is 3.12. The molecule has 0 aromatic carbocycles. The van der Waals surface area contributed by atoms with Gasteiger partial charge in [0.1, 0.15) is 5.82 Å². The van der Waals surface area contributed by atoms with Crippen molar-refractivity contribution in [3.63, 3.8) is 0 Å². The fourth-order valence-electron chi connectivity index (χ4n) is 2.16. The minimum Gasteiger partial charge on any atom is -0.383 e. The van der Waals surface area contributed by atoms with Crippen LogP contribution in [0.2, 0.25) is 0 Å². The molecule has 1 aliphatic rings. The second kappa shape index (κ2) is 4.24. The van der Waals surface area contributed by atoms with Crippen molar-refractivity contribution < 1.29 is 4.79 Å². The molecule has 0 unspecified atom stereocenters. The number of pyridine rings is 1. The van der Waals surface area contributed by atoms with Crippen LogP contribution < -0.4 is 5.73 Å². The van der Waals surface area contributed by atoms with Gasteiger partial charge in [-0.3, -0.25) is 4.79 Å². The number of nitrogens with two attached hydrogens (primary N) is 1. The van der Waals surface area contributed by atoms with Crippen LogP contribution in [0.5, 0.6) is 0 Å². The van der Waals surface area contributed by atoms with Crippen molar-refractivity contribution in [2.75, 3.05) is 5.73 Å². The zero-order chi connectivity index (χ0) is 11.7. The van der Waals surface area contributed by atoms with E-state index >= 15 is 0 Å².